The molecule has 0 saturated carbocycles. The maximum atomic E-state index is 14.5. The fraction of sp³-hybridized carbons (Fsp3) is 0.583. The van der Waals surface area contributed by atoms with Gasteiger partial charge in [-0.05, 0) is 6.42 Å². The van der Waals surface area contributed by atoms with Crippen molar-refractivity contribution in [2.45, 2.75) is 38.5 Å². The molecule has 0 bridgehead atoms. The number of hydrogen-bond acceptors (Lipinski definition) is 5. The molecule has 2 aromatic rings. The summed E-state index contributed by atoms with van der Waals surface area (Å²) in [5, 5.41) is 0.0256. The first-order valence-corrected chi connectivity index (χ1v) is 6.92. The van der Waals surface area contributed by atoms with E-state index in [1.807, 2.05) is 6.92 Å². The van der Waals surface area contributed by atoms with Crippen LogP contribution in [-0.4, -0.2) is 31.5 Å². The van der Waals surface area contributed by atoms with Crippen LogP contribution in [-0.2, 0) is 4.74 Å². The highest BCUT2D eigenvalue weighted by atomic mass is 35.5. The number of rotatable bonds is 2. The second-order valence-electron chi connectivity index (χ2n) is 5.10. The standard InChI is InChI=1S/C12H14ClF2N5O/c1-3-6-5(2)12(14,15)10(21-6)20-4-17-7-8(13)18-11(16)19-9(7)20/h4-6,10H,3H2,1-2H3,(H2,16,18,19)/t5-,6-,10+/m1/s1. The predicted molar refractivity (Wildman–Crippen MR) is 73.1 cm³/mol. The van der Waals surface area contributed by atoms with Gasteiger partial charge in [-0.25, -0.2) is 13.8 Å². The number of halogens is 3. The van der Waals surface area contributed by atoms with Crippen LogP contribution in [0, 0.1) is 5.92 Å². The summed E-state index contributed by atoms with van der Waals surface area (Å²) in [5.74, 6) is -4.05. The molecule has 1 aliphatic heterocycles. The average Bonchev–Trinajstić information content (AvgIpc) is 2.91. The number of hydrogen-bond donors (Lipinski definition) is 1. The average molecular weight is 318 g/mol. The van der Waals surface area contributed by atoms with Crippen LogP contribution in [0.1, 0.15) is 26.5 Å². The van der Waals surface area contributed by atoms with Crippen molar-refractivity contribution >= 4 is 28.7 Å². The molecule has 0 unspecified atom stereocenters. The molecule has 114 valence electrons. The Hall–Kier alpha value is -1.54. The van der Waals surface area contributed by atoms with Crippen LogP contribution in [0.4, 0.5) is 14.7 Å². The van der Waals surface area contributed by atoms with Gasteiger partial charge in [0.1, 0.15) is 5.52 Å². The number of imidazole rings is 1. The Morgan fingerprint density at radius 1 is 1.48 bits per heavy atom. The summed E-state index contributed by atoms with van der Waals surface area (Å²) >= 11 is 5.90. The largest absolute Gasteiger partial charge is 0.368 e. The van der Waals surface area contributed by atoms with Crippen molar-refractivity contribution in [3.63, 3.8) is 0 Å². The van der Waals surface area contributed by atoms with Gasteiger partial charge in [0.25, 0.3) is 5.92 Å². The number of nitrogens with two attached hydrogens (primary N) is 1. The van der Waals surface area contributed by atoms with Gasteiger partial charge in [-0.2, -0.15) is 9.97 Å². The Morgan fingerprint density at radius 3 is 2.81 bits per heavy atom. The van der Waals surface area contributed by atoms with Gasteiger partial charge in [-0.3, -0.25) is 4.57 Å². The lowest BCUT2D eigenvalue weighted by Gasteiger charge is -2.21. The molecule has 0 radical (unpaired) electrons. The van der Waals surface area contributed by atoms with E-state index in [1.165, 1.54) is 17.8 Å². The van der Waals surface area contributed by atoms with Crippen LogP contribution < -0.4 is 5.73 Å². The van der Waals surface area contributed by atoms with Crippen molar-refractivity contribution in [3.05, 3.63) is 11.5 Å². The summed E-state index contributed by atoms with van der Waals surface area (Å²) in [5.41, 5.74) is 5.88. The van der Waals surface area contributed by atoms with Crippen LogP contribution in [0.2, 0.25) is 5.15 Å². The fourth-order valence-electron chi connectivity index (χ4n) is 2.62. The fourth-order valence-corrected chi connectivity index (χ4v) is 2.84. The number of nitrogens with zero attached hydrogens (tertiary/aromatic N) is 4. The molecular formula is C12H14ClF2N5O. The topological polar surface area (TPSA) is 78.8 Å². The molecule has 0 amide bonds. The van der Waals surface area contributed by atoms with Crippen LogP contribution in [0.15, 0.2) is 6.33 Å². The molecular weight excluding hydrogens is 304 g/mol. The third-order valence-electron chi connectivity index (χ3n) is 3.85. The van der Waals surface area contributed by atoms with E-state index in [4.69, 9.17) is 22.1 Å². The molecule has 1 saturated heterocycles. The monoisotopic (exact) mass is 317 g/mol. The van der Waals surface area contributed by atoms with Crippen LogP contribution in [0.25, 0.3) is 11.2 Å². The maximum Gasteiger partial charge on any atom is 0.297 e. The zero-order valence-electron chi connectivity index (χ0n) is 11.4. The van der Waals surface area contributed by atoms with E-state index in [9.17, 15) is 8.78 Å². The number of anilines is 1. The lowest BCUT2D eigenvalue weighted by molar-refractivity contribution is -0.121. The summed E-state index contributed by atoms with van der Waals surface area (Å²) < 4.78 is 35.6. The van der Waals surface area contributed by atoms with Gasteiger partial charge in [0.05, 0.1) is 18.3 Å². The molecule has 0 aliphatic carbocycles. The summed E-state index contributed by atoms with van der Waals surface area (Å²) in [4.78, 5) is 11.7. The second kappa shape index (κ2) is 4.74. The van der Waals surface area contributed by atoms with E-state index in [2.05, 4.69) is 15.0 Å². The highest BCUT2D eigenvalue weighted by Crippen LogP contribution is 2.48. The first kappa shape index (κ1) is 14.4. The van der Waals surface area contributed by atoms with E-state index < -0.39 is 24.2 Å². The van der Waals surface area contributed by atoms with Crippen LogP contribution in [0.5, 0.6) is 0 Å². The molecule has 2 N–H and O–H groups in total. The Balaban J connectivity index is 2.13. The number of ether oxygens (including phenoxy) is 1. The lowest BCUT2D eigenvalue weighted by atomic mass is 9.98. The number of aromatic nitrogens is 4. The van der Waals surface area contributed by atoms with Crippen molar-refractivity contribution in [3.8, 4) is 0 Å². The molecule has 2 aromatic heterocycles. The Labute approximate surface area is 124 Å². The zero-order chi connectivity index (χ0) is 15.4. The SMILES string of the molecule is CC[C@H]1O[C@H](n2cnc3c(Cl)nc(N)nc32)C(F)(F)[C@@H]1C. The smallest absolute Gasteiger partial charge is 0.297 e. The van der Waals surface area contributed by atoms with Gasteiger partial charge >= 0.3 is 0 Å². The lowest BCUT2D eigenvalue weighted by Crippen LogP contribution is -2.31. The van der Waals surface area contributed by atoms with Crippen molar-refractivity contribution in [1.29, 1.82) is 0 Å². The van der Waals surface area contributed by atoms with Gasteiger partial charge in [0, 0.05) is 0 Å². The first-order chi connectivity index (χ1) is 9.86. The van der Waals surface area contributed by atoms with Gasteiger partial charge < -0.3 is 10.5 Å². The third-order valence-corrected chi connectivity index (χ3v) is 4.11. The molecule has 3 atom stereocenters. The highest BCUT2D eigenvalue weighted by Gasteiger charge is 2.57. The van der Waals surface area contributed by atoms with Gasteiger partial charge in [-0.15, -0.1) is 0 Å². The molecule has 1 fully saturated rings. The molecule has 3 rings (SSSR count). The molecule has 9 heteroatoms. The molecule has 6 nitrogen and oxygen atoms in total. The molecule has 3 heterocycles. The molecule has 1 aliphatic rings. The number of alkyl halides is 2. The number of nitrogen functional groups attached to an aromatic ring is 1. The first-order valence-electron chi connectivity index (χ1n) is 6.55. The zero-order valence-corrected chi connectivity index (χ0v) is 12.2. The highest BCUT2D eigenvalue weighted by molar-refractivity contribution is 6.33. The Morgan fingerprint density at radius 2 is 2.19 bits per heavy atom. The van der Waals surface area contributed by atoms with Crippen LogP contribution in [0.3, 0.4) is 0 Å². The summed E-state index contributed by atoms with van der Waals surface area (Å²) in [6.45, 7) is 3.28. The van der Waals surface area contributed by atoms with E-state index in [1.54, 1.807) is 0 Å². The van der Waals surface area contributed by atoms with Crippen molar-refractivity contribution in [2.24, 2.45) is 5.92 Å². The van der Waals surface area contributed by atoms with Crippen molar-refractivity contribution < 1.29 is 13.5 Å². The quantitative estimate of drug-likeness (QED) is 0.861. The maximum absolute atomic E-state index is 14.5. The summed E-state index contributed by atoms with van der Waals surface area (Å²) in [7, 11) is 0. The minimum absolute atomic E-state index is 0.0256. The Bertz CT molecular complexity index is 692. The van der Waals surface area contributed by atoms with Crippen molar-refractivity contribution in [2.75, 3.05) is 5.73 Å². The van der Waals surface area contributed by atoms with E-state index in [0.29, 0.717) is 6.42 Å². The van der Waals surface area contributed by atoms with Crippen LogP contribution >= 0.6 is 11.6 Å². The normalized spacial score (nSPS) is 28.3. The van der Waals surface area contributed by atoms with Gasteiger partial charge in [-0.1, -0.05) is 25.4 Å². The van der Waals surface area contributed by atoms with Gasteiger partial charge in [0.15, 0.2) is 10.8 Å². The summed E-state index contributed by atoms with van der Waals surface area (Å²) in [6, 6.07) is 0. The van der Waals surface area contributed by atoms with Gasteiger partial charge in [0.2, 0.25) is 12.2 Å². The van der Waals surface area contributed by atoms with E-state index >= 15 is 0 Å². The molecule has 0 spiro atoms. The van der Waals surface area contributed by atoms with E-state index in [-0.39, 0.29) is 22.3 Å². The number of fused-ring (bicyclic) bond motifs is 1. The molecule has 21 heavy (non-hydrogen) atoms. The minimum Gasteiger partial charge on any atom is -0.368 e. The predicted octanol–water partition coefficient (Wildman–Crippen LogP) is 2.64. The third kappa shape index (κ3) is 2.04. The Kier molecular flexibility index (Phi) is 3.25. The summed E-state index contributed by atoms with van der Waals surface area (Å²) in [6.07, 6.45) is -0.281. The van der Waals surface area contributed by atoms with E-state index in [0.717, 1.165) is 0 Å². The minimum atomic E-state index is -3.04. The molecule has 0 aromatic carbocycles. The second-order valence-corrected chi connectivity index (χ2v) is 5.45. The van der Waals surface area contributed by atoms with Crippen molar-refractivity contribution in [1.82, 2.24) is 19.5 Å².